The number of aromatic nitrogens is 4. The van der Waals surface area contributed by atoms with Crippen LogP contribution in [0.5, 0.6) is 5.75 Å². The molecular weight excluding hydrogens is 369 g/mol. The maximum Gasteiger partial charge on any atom is 0.177 e. The maximum atomic E-state index is 14.9. The summed E-state index contributed by atoms with van der Waals surface area (Å²) in [4.78, 5) is 8.43. The van der Waals surface area contributed by atoms with Crippen LogP contribution in [0.4, 0.5) is 4.39 Å². The van der Waals surface area contributed by atoms with Crippen LogP contribution in [0.2, 0.25) is 0 Å². The van der Waals surface area contributed by atoms with E-state index in [0.29, 0.717) is 29.1 Å². The molecule has 2 aromatic heterocycles. The average molecular weight is 389 g/mol. The highest BCUT2D eigenvalue weighted by Gasteiger charge is 2.46. The van der Waals surface area contributed by atoms with Gasteiger partial charge in [0.2, 0.25) is 0 Å². The van der Waals surface area contributed by atoms with E-state index in [1.807, 2.05) is 24.3 Å². The van der Waals surface area contributed by atoms with E-state index in [0.717, 1.165) is 10.8 Å². The van der Waals surface area contributed by atoms with Gasteiger partial charge in [0.25, 0.3) is 0 Å². The molecule has 4 heterocycles. The number of rotatable bonds is 3. The van der Waals surface area contributed by atoms with E-state index in [9.17, 15) is 9.50 Å². The van der Waals surface area contributed by atoms with Gasteiger partial charge in [0, 0.05) is 34.8 Å². The molecule has 1 unspecified atom stereocenters. The Balaban J connectivity index is 1.43. The van der Waals surface area contributed by atoms with Gasteiger partial charge in [-0.1, -0.05) is 18.7 Å². The Bertz CT molecular complexity index is 1150. The van der Waals surface area contributed by atoms with Gasteiger partial charge in [-0.05, 0) is 42.5 Å². The van der Waals surface area contributed by atoms with Gasteiger partial charge in [-0.2, -0.15) is 0 Å². The molecule has 6 nitrogen and oxygen atoms in total. The summed E-state index contributed by atoms with van der Waals surface area (Å²) in [6.07, 6.45) is 8.33. The fourth-order valence-electron chi connectivity index (χ4n) is 4.28. The Kier molecular flexibility index (Phi) is 3.96. The maximum absolute atomic E-state index is 14.9. The highest BCUT2D eigenvalue weighted by Crippen LogP contribution is 2.41. The second kappa shape index (κ2) is 6.42. The molecule has 5 rings (SSSR count). The molecule has 0 aliphatic carbocycles. The summed E-state index contributed by atoms with van der Waals surface area (Å²) in [5.74, 6) is 0.0252. The fourth-order valence-corrected chi connectivity index (χ4v) is 4.28. The third-order valence-electron chi connectivity index (χ3n) is 5.87. The molecule has 0 radical (unpaired) electrons. The van der Waals surface area contributed by atoms with Crippen molar-refractivity contribution in [1.29, 1.82) is 0 Å². The first-order chi connectivity index (χ1) is 13.9. The van der Waals surface area contributed by atoms with Crippen molar-refractivity contribution in [3.8, 4) is 17.0 Å². The van der Waals surface area contributed by atoms with Crippen molar-refractivity contribution >= 4 is 16.3 Å². The Morgan fingerprint density at radius 3 is 2.93 bits per heavy atom. The molecule has 0 saturated carbocycles. The third kappa shape index (κ3) is 2.98. The summed E-state index contributed by atoms with van der Waals surface area (Å²) in [6, 6.07) is 5.00. The summed E-state index contributed by atoms with van der Waals surface area (Å²) in [5.41, 5.74) is 1.28. The van der Waals surface area contributed by atoms with Crippen molar-refractivity contribution in [2.24, 2.45) is 5.92 Å². The molecule has 29 heavy (non-hydrogen) atoms. The third-order valence-corrected chi connectivity index (χ3v) is 5.87. The van der Waals surface area contributed by atoms with E-state index in [-0.39, 0.29) is 23.2 Å². The summed E-state index contributed by atoms with van der Waals surface area (Å²) in [5, 5.41) is 23.8. The molecule has 3 aromatic rings. The van der Waals surface area contributed by atoms with Crippen molar-refractivity contribution in [3.63, 3.8) is 0 Å². The molecule has 0 amide bonds. The van der Waals surface area contributed by atoms with E-state index in [1.54, 1.807) is 24.7 Å². The first-order valence-corrected chi connectivity index (χ1v) is 9.51. The molecule has 2 bridgehead atoms. The Morgan fingerprint density at radius 2 is 2.14 bits per heavy atom. The molecule has 1 aromatic carbocycles. The van der Waals surface area contributed by atoms with Crippen LogP contribution >= 0.6 is 0 Å². The number of benzene rings is 1. The van der Waals surface area contributed by atoms with Crippen LogP contribution in [0.25, 0.3) is 27.6 Å². The van der Waals surface area contributed by atoms with E-state index in [4.69, 9.17) is 0 Å². The van der Waals surface area contributed by atoms with Gasteiger partial charge >= 0.3 is 0 Å². The number of phenolic OH excluding ortho intramolecular Hbond substituents is 1. The number of pyridine rings is 1. The Morgan fingerprint density at radius 1 is 1.28 bits per heavy atom. The number of phenols is 1. The van der Waals surface area contributed by atoms with Crippen LogP contribution in [0.1, 0.15) is 19.2 Å². The number of nitrogens with one attached hydrogen (secondary N) is 1. The molecule has 2 aliphatic heterocycles. The van der Waals surface area contributed by atoms with Gasteiger partial charge < -0.3 is 5.11 Å². The number of alkyl halides is 1. The molecule has 0 spiro atoms. The van der Waals surface area contributed by atoms with Crippen LogP contribution < -0.4 is 5.32 Å². The minimum atomic E-state index is -1.09. The van der Waals surface area contributed by atoms with E-state index < -0.39 is 6.17 Å². The highest BCUT2D eigenvalue weighted by molar-refractivity contribution is 5.89. The lowest BCUT2D eigenvalue weighted by Gasteiger charge is -2.39. The quantitative estimate of drug-likeness (QED) is 0.668. The van der Waals surface area contributed by atoms with Crippen molar-refractivity contribution in [1.82, 2.24) is 25.5 Å². The normalized spacial score (nSPS) is 28.0. The molecule has 2 N–H and O–H groups in total. The topological polar surface area (TPSA) is 83.8 Å². The lowest BCUT2D eigenvalue weighted by Crippen LogP contribution is -2.54. The first kappa shape index (κ1) is 17.9. The van der Waals surface area contributed by atoms with Gasteiger partial charge in [0.1, 0.15) is 17.6 Å². The molecular formula is C22H20FN5O. The van der Waals surface area contributed by atoms with E-state index in [2.05, 4.69) is 39.0 Å². The molecule has 146 valence electrons. The van der Waals surface area contributed by atoms with Gasteiger partial charge in [-0.25, -0.2) is 9.37 Å². The predicted molar refractivity (Wildman–Crippen MR) is 109 cm³/mol. The lowest BCUT2D eigenvalue weighted by molar-refractivity contribution is 0.146. The van der Waals surface area contributed by atoms with Crippen LogP contribution in [0, 0.1) is 5.92 Å². The molecule has 2 aliphatic rings. The summed E-state index contributed by atoms with van der Waals surface area (Å²) >= 11 is 0. The fraction of sp³-hybridized carbons (Fsp3) is 0.273. The highest BCUT2D eigenvalue weighted by atomic mass is 19.1. The zero-order valence-corrected chi connectivity index (χ0v) is 15.9. The number of allylic oxidation sites excluding steroid dienone is 1. The SMILES string of the molecule is C=C(c1ncc(-c2cc3ccncc3cc2O)nn1)[C@H]1C[C@]2(C)C=CC(N2)[C@@H]1F. The van der Waals surface area contributed by atoms with Gasteiger partial charge in [0.05, 0.1) is 12.2 Å². The minimum Gasteiger partial charge on any atom is -0.507 e. The molecule has 7 heteroatoms. The summed E-state index contributed by atoms with van der Waals surface area (Å²) < 4.78 is 14.9. The van der Waals surface area contributed by atoms with Gasteiger partial charge in [0.15, 0.2) is 5.82 Å². The number of hydrogen-bond donors (Lipinski definition) is 2. The largest absolute Gasteiger partial charge is 0.507 e. The number of hydrogen-bond acceptors (Lipinski definition) is 6. The van der Waals surface area contributed by atoms with E-state index in [1.165, 1.54) is 0 Å². The predicted octanol–water partition coefficient (Wildman–Crippen LogP) is 3.45. The standard InChI is InChI=1S/C22H20FN5O/c1-12(16-9-22(2)5-3-17(26-22)20(16)23)21-25-11-18(27-28-21)15-7-13-4-6-24-10-14(13)8-19(15)29/h3-8,10-11,16-17,20,26,29H,1,9H2,2H3/t16-,17?,20-,22+/m1/s1. The zero-order chi connectivity index (χ0) is 20.2. The van der Waals surface area contributed by atoms with Crippen LogP contribution in [-0.4, -0.2) is 43.0 Å². The van der Waals surface area contributed by atoms with Crippen molar-refractivity contribution in [3.05, 3.63) is 61.3 Å². The van der Waals surface area contributed by atoms with E-state index >= 15 is 0 Å². The monoisotopic (exact) mass is 389 g/mol. The second-order valence-electron chi connectivity index (χ2n) is 7.99. The first-order valence-electron chi connectivity index (χ1n) is 9.51. The molecule has 1 fully saturated rings. The van der Waals surface area contributed by atoms with Crippen molar-refractivity contribution in [2.75, 3.05) is 0 Å². The number of fused-ring (bicyclic) bond motifs is 3. The van der Waals surface area contributed by atoms with Crippen molar-refractivity contribution < 1.29 is 9.50 Å². The number of piperidine rings is 1. The summed E-state index contributed by atoms with van der Waals surface area (Å²) in [6.45, 7) is 6.12. The second-order valence-corrected chi connectivity index (χ2v) is 7.99. The van der Waals surface area contributed by atoms with Crippen LogP contribution in [-0.2, 0) is 0 Å². The van der Waals surface area contributed by atoms with Gasteiger partial charge in [-0.3, -0.25) is 10.3 Å². The zero-order valence-electron chi connectivity index (χ0n) is 15.9. The smallest absolute Gasteiger partial charge is 0.177 e. The number of halogens is 1. The molecule has 1 saturated heterocycles. The van der Waals surface area contributed by atoms with Crippen LogP contribution in [0.3, 0.4) is 0 Å². The lowest BCUT2D eigenvalue weighted by atomic mass is 9.79. The minimum absolute atomic E-state index is 0.0749. The average Bonchev–Trinajstić information content (AvgIpc) is 3.07. The van der Waals surface area contributed by atoms with Crippen molar-refractivity contribution in [2.45, 2.75) is 31.1 Å². The Hall–Kier alpha value is -3.19. The number of nitrogens with zero attached hydrogens (tertiary/aromatic N) is 4. The Labute approximate surface area is 167 Å². The van der Waals surface area contributed by atoms with Gasteiger partial charge in [-0.15, -0.1) is 10.2 Å². The summed E-state index contributed by atoms with van der Waals surface area (Å²) in [7, 11) is 0. The molecule has 4 atom stereocenters. The van der Waals surface area contributed by atoms with Crippen LogP contribution in [0.15, 0.2) is 55.5 Å². The number of aromatic hydroxyl groups is 1.